The first-order valence-electron chi connectivity index (χ1n) is 8.09. The van der Waals surface area contributed by atoms with E-state index in [1.165, 1.54) is 0 Å². The molecule has 0 saturated heterocycles. The molecule has 0 bridgehead atoms. The molecule has 1 amide bonds. The highest BCUT2D eigenvalue weighted by Crippen LogP contribution is 2.21. The third-order valence-electron chi connectivity index (χ3n) is 3.80. The zero-order valence-electron chi connectivity index (χ0n) is 14.4. The number of amides is 1. The van der Waals surface area contributed by atoms with Crippen molar-refractivity contribution in [1.29, 1.82) is 0 Å². The van der Waals surface area contributed by atoms with Gasteiger partial charge in [0.15, 0.2) is 0 Å². The van der Waals surface area contributed by atoms with Crippen LogP contribution in [-0.4, -0.2) is 12.5 Å². The van der Waals surface area contributed by atoms with Crippen molar-refractivity contribution in [1.82, 2.24) is 0 Å². The van der Waals surface area contributed by atoms with Crippen LogP contribution in [0.25, 0.3) is 0 Å². The van der Waals surface area contributed by atoms with Gasteiger partial charge in [0.05, 0.1) is 13.0 Å². The van der Waals surface area contributed by atoms with Gasteiger partial charge in [0.1, 0.15) is 5.75 Å². The first-order valence-corrected chi connectivity index (χ1v) is 8.09. The maximum Gasteiger partial charge on any atom is 0.227 e. The fourth-order valence-electron chi connectivity index (χ4n) is 2.68. The summed E-state index contributed by atoms with van der Waals surface area (Å²) in [5.41, 5.74) is 5.52. The molecule has 0 aliphatic heterocycles. The van der Waals surface area contributed by atoms with Crippen LogP contribution in [0.3, 0.4) is 0 Å². The Hall–Kier alpha value is -2.29. The number of ether oxygens (including phenoxy) is 1. The van der Waals surface area contributed by atoms with Gasteiger partial charge in [0.25, 0.3) is 0 Å². The summed E-state index contributed by atoms with van der Waals surface area (Å²) in [6.07, 6.45) is 1.24. The van der Waals surface area contributed by atoms with Crippen LogP contribution in [0.5, 0.6) is 5.75 Å². The zero-order valence-corrected chi connectivity index (χ0v) is 14.4. The van der Waals surface area contributed by atoms with Gasteiger partial charge in [-0.25, -0.2) is 0 Å². The number of aryl methyl sites for hydroxylation is 4. The summed E-state index contributed by atoms with van der Waals surface area (Å²) < 4.78 is 5.70. The van der Waals surface area contributed by atoms with E-state index >= 15 is 0 Å². The van der Waals surface area contributed by atoms with E-state index in [9.17, 15) is 4.79 Å². The van der Waals surface area contributed by atoms with Crippen molar-refractivity contribution in [2.45, 2.75) is 40.5 Å². The van der Waals surface area contributed by atoms with Gasteiger partial charge in [-0.05, 0) is 61.6 Å². The van der Waals surface area contributed by atoms with Crippen molar-refractivity contribution >= 4 is 11.6 Å². The summed E-state index contributed by atoms with van der Waals surface area (Å²) in [5, 5.41) is 3.02. The molecule has 0 heterocycles. The maximum atomic E-state index is 12.2. The van der Waals surface area contributed by atoms with Crippen LogP contribution in [0.15, 0.2) is 36.4 Å². The summed E-state index contributed by atoms with van der Waals surface area (Å²) in [4.78, 5) is 12.2. The molecule has 0 saturated carbocycles. The van der Waals surface area contributed by atoms with Crippen molar-refractivity contribution in [3.05, 3.63) is 58.7 Å². The fraction of sp³-hybridized carbons (Fsp3) is 0.350. The molecular formula is C20H25NO2. The first-order chi connectivity index (χ1) is 11.0. The Kier molecular flexibility index (Phi) is 5.80. The number of carbonyl (C=O) groups excluding carboxylic acids is 1. The van der Waals surface area contributed by atoms with Gasteiger partial charge in [0.2, 0.25) is 5.91 Å². The number of hydrogen-bond acceptors (Lipinski definition) is 2. The zero-order chi connectivity index (χ0) is 16.8. The van der Waals surface area contributed by atoms with E-state index in [4.69, 9.17) is 4.74 Å². The molecule has 0 aliphatic carbocycles. The molecule has 0 unspecified atom stereocenters. The molecule has 122 valence electrons. The Morgan fingerprint density at radius 2 is 1.78 bits per heavy atom. The summed E-state index contributed by atoms with van der Waals surface area (Å²) in [6.45, 7) is 8.56. The molecule has 0 spiro atoms. The topological polar surface area (TPSA) is 38.3 Å². The highest BCUT2D eigenvalue weighted by atomic mass is 16.5. The van der Waals surface area contributed by atoms with Crippen LogP contribution in [0.4, 0.5) is 5.69 Å². The first kappa shape index (κ1) is 17.1. The molecule has 2 rings (SSSR count). The minimum Gasteiger partial charge on any atom is -0.493 e. The van der Waals surface area contributed by atoms with Gasteiger partial charge in [-0.1, -0.05) is 31.2 Å². The van der Waals surface area contributed by atoms with Crippen LogP contribution in [0, 0.1) is 20.8 Å². The molecular weight excluding hydrogens is 286 g/mol. The second-order valence-corrected chi connectivity index (χ2v) is 5.93. The third kappa shape index (κ3) is 4.85. The smallest absolute Gasteiger partial charge is 0.227 e. The standard InChI is InChI=1S/C20H25NO2/c1-5-17-8-6-7-16(4)20(17)21-19(22)9-10-23-18-12-14(2)11-15(3)13-18/h6-8,11-13H,5,9-10H2,1-4H3,(H,21,22). The Bertz CT molecular complexity index is 672. The van der Waals surface area contributed by atoms with Gasteiger partial charge < -0.3 is 10.1 Å². The van der Waals surface area contributed by atoms with Crippen molar-refractivity contribution in [2.75, 3.05) is 11.9 Å². The van der Waals surface area contributed by atoms with Crippen LogP contribution in [-0.2, 0) is 11.2 Å². The quantitative estimate of drug-likeness (QED) is 0.848. The highest BCUT2D eigenvalue weighted by Gasteiger charge is 2.09. The molecule has 0 fully saturated rings. The normalized spacial score (nSPS) is 10.4. The lowest BCUT2D eigenvalue weighted by atomic mass is 10.1. The lowest BCUT2D eigenvalue weighted by molar-refractivity contribution is -0.116. The van der Waals surface area contributed by atoms with Gasteiger partial charge in [0, 0.05) is 5.69 Å². The van der Waals surface area contributed by atoms with E-state index < -0.39 is 0 Å². The lowest BCUT2D eigenvalue weighted by Gasteiger charge is -2.13. The summed E-state index contributed by atoms with van der Waals surface area (Å²) >= 11 is 0. The monoisotopic (exact) mass is 311 g/mol. The maximum absolute atomic E-state index is 12.2. The molecule has 3 nitrogen and oxygen atoms in total. The number of carbonyl (C=O) groups is 1. The highest BCUT2D eigenvalue weighted by molar-refractivity contribution is 5.92. The van der Waals surface area contributed by atoms with Crippen LogP contribution < -0.4 is 10.1 Å². The van der Waals surface area contributed by atoms with Crippen LogP contribution in [0.1, 0.15) is 35.6 Å². The van der Waals surface area contributed by atoms with Gasteiger partial charge >= 0.3 is 0 Å². The van der Waals surface area contributed by atoms with Crippen LogP contribution in [0.2, 0.25) is 0 Å². The molecule has 23 heavy (non-hydrogen) atoms. The largest absolute Gasteiger partial charge is 0.493 e. The van der Waals surface area contributed by atoms with E-state index in [0.29, 0.717) is 13.0 Å². The number of nitrogens with one attached hydrogen (secondary N) is 1. The number of anilines is 1. The summed E-state index contributed by atoms with van der Waals surface area (Å²) in [7, 11) is 0. The molecule has 2 aromatic rings. The third-order valence-corrected chi connectivity index (χ3v) is 3.80. The van der Waals surface area contributed by atoms with Crippen molar-refractivity contribution in [2.24, 2.45) is 0 Å². The average Bonchev–Trinajstić information content (AvgIpc) is 2.48. The molecule has 0 aromatic heterocycles. The minimum atomic E-state index is -0.0154. The summed E-state index contributed by atoms with van der Waals surface area (Å²) in [6, 6.07) is 12.2. The SMILES string of the molecule is CCc1cccc(C)c1NC(=O)CCOc1cc(C)cc(C)c1. The number of rotatable bonds is 6. The Morgan fingerprint density at radius 1 is 1.09 bits per heavy atom. The van der Waals surface area contributed by atoms with Crippen LogP contribution >= 0.6 is 0 Å². The molecule has 2 aromatic carbocycles. The molecule has 1 N–H and O–H groups in total. The number of benzene rings is 2. The van der Waals surface area contributed by atoms with Crippen molar-refractivity contribution in [3.8, 4) is 5.75 Å². The fourth-order valence-corrected chi connectivity index (χ4v) is 2.68. The van der Waals surface area contributed by atoms with Gasteiger partial charge in [-0.3, -0.25) is 4.79 Å². The van der Waals surface area contributed by atoms with Crippen molar-refractivity contribution < 1.29 is 9.53 Å². The van der Waals surface area contributed by atoms with E-state index in [1.807, 2.05) is 45.0 Å². The number of hydrogen-bond donors (Lipinski definition) is 1. The van der Waals surface area contributed by atoms with E-state index in [2.05, 4.69) is 24.4 Å². The predicted octanol–water partition coefficient (Wildman–Crippen LogP) is 4.58. The number of para-hydroxylation sites is 1. The Labute approximate surface area is 138 Å². The summed E-state index contributed by atoms with van der Waals surface area (Å²) in [5.74, 6) is 0.804. The lowest BCUT2D eigenvalue weighted by Crippen LogP contribution is -2.17. The minimum absolute atomic E-state index is 0.0154. The second-order valence-electron chi connectivity index (χ2n) is 5.93. The average molecular weight is 311 g/mol. The Balaban J connectivity index is 1.91. The molecule has 3 heteroatoms. The van der Waals surface area contributed by atoms with Gasteiger partial charge in [-0.2, -0.15) is 0 Å². The predicted molar refractivity (Wildman–Crippen MR) is 95.2 cm³/mol. The van der Waals surface area contributed by atoms with Crippen molar-refractivity contribution in [3.63, 3.8) is 0 Å². The van der Waals surface area contributed by atoms with E-state index in [0.717, 1.165) is 40.1 Å². The Morgan fingerprint density at radius 3 is 2.43 bits per heavy atom. The molecule has 0 radical (unpaired) electrons. The van der Waals surface area contributed by atoms with E-state index in [1.54, 1.807) is 0 Å². The molecule has 0 atom stereocenters. The second kappa shape index (κ2) is 7.82. The van der Waals surface area contributed by atoms with E-state index in [-0.39, 0.29) is 5.91 Å². The molecule has 0 aliphatic rings. The van der Waals surface area contributed by atoms with Gasteiger partial charge in [-0.15, -0.1) is 0 Å².